The average Bonchev–Trinajstić information content (AvgIpc) is 2.44. The van der Waals surface area contributed by atoms with Gasteiger partial charge in [-0.1, -0.05) is 18.2 Å². The Morgan fingerprint density at radius 3 is 2.71 bits per heavy atom. The molecule has 0 unspecified atom stereocenters. The number of para-hydroxylation sites is 2. The number of amides is 2. The van der Waals surface area contributed by atoms with Crippen molar-refractivity contribution in [3.63, 3.8) is 0 Å². The number of nitrogens with zero attached hydrogens (tertiary/aromatic N) is 1. The maximum Gasteiger partial charge on any atom is 0.319 e. The Morgan fingerprint density at radius 1 is 1.38 bits per heavy atom. The molecule has 21 heavy (non-hydrogen) atoms. The van der Waals surface area contributed by atoms with Gasteiger partial charge in [0.25, 0.3) is 0 Å². The van der Waals surface area contributed by atoms with E-state index in [0.717, 1.165) is 24.5 Å². The van der Waals surface area contributed by atoms with Gasteiger partial charge in [-0.3, -0.25) is 0 Å². The minimum absolute atomic E-state index is 0.177. The fourth-order valence-electron chi connectivity index (χ4n) is 2.56. The first-order chi connectivity index (χ1) is 10.1. The van der Waals surface area contributed by atoms with E-state index < -0.39 is 0 Å². The SMILES string of the molecule is C=CCNC(=O)Nc1ccccc1N1C[C@@H](C)O[C@@H](C)C1. The second-order valence-corrected chi connectivity index (χ2v) is 5.30. The van der Waals surface area contributed by atoms with Gasteiger partial charge < -0.3 is 20.3 Å². The molecule has 0 aliphatic carbocycles. The molecule has 2 rings (SSSR count). The third-order valence-corrected chi connectivity index (χ3v) is 3.32. The molecule has 0 saturated carbocycles. The summed E-state index contributed by atoms with van der Waals surface area (Å²) in [7, 11) is 0. The first-order valence-corrected chi connectivity index (χ1v) is 7.25. The van der Waals surface area contributed by atoms with Crippen LogP contribution in [0.1, 0.15) is 13.8 Å². The molecule has 2 atom stereocenters. The lowest BCUT2D eigenvalue weighted by atomic mass is 10.1. The molecule has 5 nitrogen and oxygen atoms in total. The van der Waals surface area contributed by atoms with Crippen LogP contribution in [0.15, 0.2) is 36.9 Å². The van der Waals surface area contributed by atoms with E-state index in [4.69, 9.17) is 4.74 Å². The molecule has 5 heteroatoms. The summed E-state index contributed by atoms with van der Waals surface area (Å²) < 4.78 is 5.76. The first-order valence-electron chi connectivity index (χ1n) is 7.25. The van der Waals surface area contributed by atoms with Crippen LogP contribution in [0.5, 0.6) is 0 Å². The van der Waals surface area contributed by atoms with Gasteiger partial charge >= 0.3 is 6.03 Å². The van der Waals surface area contributed by atoms with E-state index in [1.807, 2.05) is 24.3 Å². The van der Waals surface area contributed by atoms with Crippen molar-refractivity contribution in [1.82, 2.24) is 5.32 Å². The molecule has 0 bridgehead atoms. The van der Waals surface area contributed by atoms with Crippen LogP contribution in [0.3, 0.4) is 0 Å². The number of benzene rings is 1. The summed E-state index contributed by atoms with van der Waals surface area (Å²) in [5, 5.41) is 5.61. The summed E-state index contributed by atoms with van der Waals surface area (Å²) in [6, 6.07) is 7.60. The van der Waals surface area contributed by atoms with Crippen molar-refractivity contribution < 1.29 is 9.53 Å². The van der Waals surface area contributed by atoms with Gasteiger partial charge in [0.2, 0.25) is 0 Å². The lowest BCUT2D eigenvalue weighted by Crippen LogP contribution is -2.45. The second-order valence-electron chi connectivity index (χ2n) is 5.30. The Kier molecular flexibility index (Phi) is 5.22. The molecule has 0 spiro atoms. The summed E-state index contributed by atoms with van der Waals surface area (Å²) in [6.07, 6.45) is 2.00. The normalized spacial score (nSPS) is 21.7. The number of carbonyl (C=O) groups excluding carboxylic acids is 1. The van der Waals surface area contributed by atoms with E-state index >= 15 is 0 Å². The van der Waals surface area contributed by atoms with E-state index in [1.54, 1.807) is 6.08 Å². The van der Waals surface area contributed by atoms with E-state index in [2.05, 4.69) is 36.0 Å². The van der Waals surface area contributed by atoms with Crippen LogP contribution in [-0.2, 0) is 4.74 Å². The number of hydrogen-bond acceptors (Lipinski definition) is 3. The van der Waals surface area contributed by atoms with Gasteiger partial charge in [-0.2, -0.15) is 0 Å². The van der Waals surface area contributed by atoms with Crippen LogP contribution >= 0.6 is 0 Å². The summed E-state index contributed by atoms with van der Waals surface area (Å²) in [6.45, 7) is 9.79. The van der Waals surface area contributed by atoms with Gasteiger partial charge in [-0.05, 0) is 26.0 Å². The molecular formula is C16H23N3O2. The lowest BCUT2D eigenvalue weighted by molar-refractivity contribution is -0.00517. The predicted octanol–water partition coefficient (Wildman–Crippen LogP) is 2.61. The first kappa shape index (κ1) is 15.4. The number of urea groups is 1. The molecule has 1 aliphatic rings. The van der Waals surface area contributed by atoms with Crippen LogP contribution in [0.2, 0.25) is 0 Å². The molecule has 114 valence electrons. The van der Waals surface area contributed by atoms with Crippen molar-refractivity contribution in [3.05, 3.63) is 36.9 Å². The Morgan fingerprint density at radius 2 is 2.05 bits per heavy atom. The van der Waals surface area contributed by atoms with Crippen molar-refractivity contribution in [1.29, 1.82) is 0 Å². The van der Waals surface area contributed by atoms with Crippen LogP contribution < -0.4 is 15.5 Å². The van der Waals surface area contributed by atoms with Crippen LogP contribution in [0.4, 0.5) is 16.2 Å². The molecule has 1 aliphatic heterocycles. The Hall–Kier alpha value is -2.01. The Labute approximate surface area is 126 Å². The summed E-state index contributed by atoms with van der Waals surface area (Å²) in [5.41, 5.74) is 1.83. The van der Waals surface area contributed by atoms with Gasteiger partial charge in [0, 0.05) is 19.6 Å². The fourth-order valence-corrected chi connectivity index (χ4v) is 2.56. The monoisotopic (exact) mass is 289 g/mol. The van der Waals surface area contributed by atoms with Gasteiger partial charge in [0.05, 0.1) is 23.6 Å². The van der Waals surface area contributed by atoms with Gasteiger partial charge in [0.15, 0.2) is 0 Å². The zero-order valence-corrected chi connectivity index (χ0v) is 12.6. The highest BCUT2D eigenvalue weighted by molar-refractivity contribution is 5.93. The number of rotatable bonds is 4. The fraction of sp³-hybridized carbons (Fsp3) is 0.438. The number of hydrogen-bond donors (Lipinski definition) is 2. The highest BCUT2D eigenvalue weighted by Crippen LogP contribution is 2.28. The smallest absolute Gasteiger partial charge is 0.319 e. The van der Waals surface area contributed by atoms with Gasteiger partial charge in [0.1, 0.15) is 0 Å². The quantitative estimate of drug-likeness (QED) is 0.838. The maximum atomic E-state index is 11.8. The molecule has 2 amide bonds. The van der Waals surface area contributed by atoms with E-state index in [1.165, 1.54) is 0 Å². The van der Waals surface area contributed by atoms with Crippen LogP contribution in [0.25, 0.3) is 0 Å². The third-order valence-electron chi connectivity index (χ3n) is 3.32. The van der Waals surface area contributed by atoms with Crippen molar-refractivity contribution >= 4 is 17.4 Å². The van der Waals surface area contributed by atoms with E-state index in [0.29, 0.717) is 6.54 Å². The zero-order chi connectivity index (χ0) is 15.2. The van der Waals surface area contributed by atoms with Crippen molar-refractivity contribution in [3.8, 4) is 0 Å². The molecule has 1 heterocycles. The van der Waals surface area contributed by atoms with E-state index in [9.17, 15) is 4.79 Å². The zero-order valence-electron chi connectivity index (χ0n) is 12.6. The molecule has 1 aromatic carbocycles. The Bertz CT molecular complexity index is 494. The molecular weight excluding hydrogens is 266 g/mol. The second kappa shape index (κ2) is 7.13. The standard InChI is InChI=1S/C16H23N3O2/c1-4-9-17-16(20)18-14-7-5-6-8-15(14)19-10-12(2)21-13(3)11-19/h4-8,12-13H,1,9-11H2,2-3H3,(H2,17,18,20)/t12-,13+. The molecule has 2 N–H and O–H groups in total. The Balaban J connectivity index is 2.12. The minimum Gasteiger partial charge on any atom is -0.372 e. The largest absolute Gasteiger partial charge is 0.372 e. The number of carbonyl (C=O) groups is 1. The molecule has 1 saturated heterocycles. The van der Waals surface area contributed by atoms with Crippen LogP contribution in [0, 0.1) is 0 Å². The van der Waals surface area contributed by atoms with Crippen molar-refractivity contribution in [2.24, 2.45) is 0 Å². The maximum absolute atomic E-state index is 11.8. The summed E-state index contributed by atoms with van der Waals surface area (Å²) in [4.78, 5) is 14.1. The number of morpholine rings is 1. The third kappa shape index (κ3) is 4.23. The minimum atomic E-state index is -0.225. The number of anilines is 2. The molecule has 1 aromatic rings. The van der Waals surface area contributed by atoms with Crippen molar-refractivity contribution in [2.75, 3.05) is 29.9 Å². The average molecular weight is 289 g/mol. The summed E-state index contributed by atoms with van der Waals surface area (Å²) in [5.74, 6) is 0. The molecule has 1 fully saturated rings. The predicted molar refractivity (Wildman–Crippen MR) is 85.9 cm³/mol. The number of nitrogens with one attached hydrogen (secondary N) is 2. The molecule has 0 aromatic heterocycles. The summed E-state index contributed by atoms with van der Waals surface area (Å²) >= 11 is 0. The molecule has 0 radical (unpaired) electrons. The van der Waals surface area contributed by atoms with Crippen molar-refractivity contribution in [2.45, 2.75) is 26.1 Å². The van der Waals surface area contributed by atoms with Crippen LogP contribution in [-0.4, -0.2) is 37.9 Å². The van der Waals surface area contributed by atoms with Gasteiger partial charge in [-0.15, -0.1) is 6.58 Å². The highest BCUT2D eigenvalue weighted by atomic mass is 16.5. The van der Waals surface area contributed by atoms with Gasteiger partial charge in [-0.25, -0.2) is 4.79 Å². The highest BCUT2D eigenvalue weighted by Gasteiger charge is 2.24. The number of ether oxygens (including phenoxy) is 1. The lowest BCUT2D eigenvalue weighted by Gasteiger charge is -2.37. The van der Waals surface area contributed by atoms with E-state index in [-0.39, 0.29) is 18.2 Å². The topological polar surface area (TPSA) is 53.6 Å².